The highest BCUT2D eigenvalue weighted by Crippen LogP contribution is 2.94. The van der Waals surface area contributed by atoms with E-state index < -0.39 is 0 Å². The standard InChI is InChI=1S/C22H36.C19H30.C16H25Cl.C16H26.C16H24.C12H22/c1-6-10-16-15-11-7-8-12-17(15)19-14-9-13-18(16)22(19)20(2,3)21(22,4)5;1-17(2)18(3,4)19(17)14-9-7-11-16(19)15-10-6-5-8-13(15)12-14;1-13(2)14(3,4)16(13)11-5-10-6-12(16)9-15(17,7-10)8-11;2*1-14(2)15(3,4)16(14)12-6-10-5-11(8-12)9-13(16)7-10;1-10(2)11(3,4)12(10)8-6-5-7-9-12/h16,18-19H,6-14H2,1-5H3;14,16H,5-12H2,1-4H3;10-12H,5-9H2,1-4H3;10-13H,5-9H2,1-4H3;5,10,12-13H,6-9H2,1-4H3;5-9H2,1-4H3. The molecule has 6 spiro atoms. The average molecular weight is 1410 g/mol. The molecule has 0 nitrogen and oxygen atoms in total. The minimum absolute atomic E-state index is 0.205. The van der Waals surface area contributed by atoms with Gasteiger partial charge in [-0.2, -0.15) is 0 Å². The summed E-state index contributed by atoms with van der Waals surface area (Å²) in [6, 6.07) is 0. The van der Waals surface area contributed by atoms with Gasteiger partial charge in [0.2, 0.25) is 0 Å². The van der Waals surface area contributed by atoms with E-state index in [1.54, 1.807) is 32.1 Å². The lowest BCUT2D eigenvalue weighted by atomic mass is 9.47. The van der Waals surface area contributed by atoms with Crippen molar-refractivity contribution >= 4 is 11.6 Å². The van der Waals surface area contributed by atoms with Gasteiger partial charge in [0.05, 0.1) is 0 Å². The lowest BCUT2D eigenvalue weighted by Crippen LogP contribution is -2.55. The third-order valence-corrected chi connectivity index (χ3v) is 47.1. The highest BCUT2D eigenvalue weighted by atomic mass is 35.5. The lowest BCUT2D eigenvalue weighted by Gasteiger charge is -2.60. The third kappa shape index (κ3) is 8.38. The number of allylic oxidation sites excluding steroid dienone is 6. The average Bonchev–Trinajstić information content (AvgIpc) is 1.48. The smallest absolute Gasteiger partial charge is 0.0455 e. The zero-order valence-electron chi connectivity index (χ0n) is 72.1. The second-order valence-corrected chi connectivity index (χ2v) is 50.4. The fourth-order valence-electron chi connectivity index (χ4n) is 40.8. The summed E-state index contributed by atoms with van der Waals surface area (Å²) < 4.78 is 0. The van der Waals surface area contributed by atoms with Gasteiger partial charge in [-0.15, -0.1) is 11.6 Å². The first-order valence-electron chi connectivity index (χ1n) is 46.2. The first-order valence-corrected chi connectivity index (χ1v) is 46.6. The molecule has 0 heterocycles. The monoisotopic (exact) mass is 1410 g/mol. The van der Waals surface area contributed by atoms with Crippen molar-refractivity contribution in [1.82, 2.24) is 0 Å². The number of hydrogen-bond acceptors (Lipinski definition) is 0. The van der Waals surface area contributed by atoms with E-state index in [-0.39, 0.29) is 4.87 Å². The van der Waals surface area contributed by atoms with E-state index in [0.29, 0.717) is 86.6 Å². The van der Waals surface area contributed by atoms with E-state index in [2.05, 4.69) is 179 Å². The van der Waals surface area contributed by atoms with Gasteiger partial charge >= 0.3 is 0 Å². The Hall–Kier alpha value is -0.490. The van der Waals surface area contributed by atoms with Gasteiger partial charge in [0, 0.05) is 4.87 Å². The molecule has 16 bridgehead atoms. The maximum atomic E-state index is 6.87. The van der Waals surface area contributed by atoms with Crippen LogP contribution >= 0.6 is 11.6 Å². The van der Waals surface area contributed by atoms with Crippen LogP contribution in [0.5, 0.6) is 0 Å². The van der Waals surface area contributed by atoms with Gasteiger partial charge in [0.25, 0.3) is 0 Å². The first kappa shape index (κ1) is 74.3. The quantitative estimate of drug-likeness (QED) is 0.191. The van der Waals surface area contributed by atoms with Gasteiger partial charge in [0.1, 0.15) is 0 Å². The molecule has 0 saturated heterocycles. The molecule has 0 aromatic heterocycles. The summed E-state index contributed by atoms with van der Waals surface area (Å²) in [5.41, 5.74) is 20.7. The Morgan fingerprint density at radius 1 is 0.333 bits per heavy atom. The molecule has 0 aromatic rings. The van der Waals surface area contributed by atoms with Crippen molar-refractivity contribution < 1.29 is 0 Å². The van der Waals surface area contributed by atoms with Crippen molar-refractivity contribution in [2.24, 2.45) is 186 Å². The molecule has 0 aromatic carbocycles. The number of hydrogen-bond donors (Lipinski definition) is 0. The van der Waals surface area contributed by atoms with Crippen molar-refractivity contribution in [3.63, 3.8) is 0 Å². The zero-order valence-corrected chi connectivity index (χ0v) is 72.8. The summed E-state index contributed by atoms with van der Waals surface area (Å²) in [6.45, 7) is 63.6. The van der Waals surface area contributed by atoms with Crippen molar-refractivity contribution in [2.75, 3.05) is 0 Å². The van der Waals surface area contributed by atoms with Crippen LogP contribution in [0.25, 0.3) is 0 Å². The molecule has 25 aliphatic rings. The Kier molecular flexibility index (Phi) is 16.4. The van der Waals surface area contributed by atoms with Crippen LogP contribution in [0.3, 0.4) is 0 Å². The molecule has 9 unspecified atom stereocenters. The van der Waals surface area contributed by atoms with E-state index in [0.717, 1.165) is 99.6 Å². The highest BCUT2D eigenvalue weighted by Gasteiger charge is 2.88. The summed E-state index contributed by atoms with van der Waals surface area (Å²) in [5, 5.41) is 0. The Balaban J connectivity index is 0.0000000917. The van der Waals surface area contributed by atoms with E-state index in [9.17, 15) is 0 Å². The van der Waals surface area contributed by atoms with E-state index in [1.807, 2.05) is 27.9 Å². The predicted octanol–water partition coefficient (Wildman–Crippen LogP) is 30.3. The van der Waals surface area contributed by atoms with Crippen LogP contribution in [0.4, 0.5) is 0 Å². The SMILES string of the molecule is CC1(C)C(C)(C)C12C1CC3=CC(C1)CC2C3.CC1(C)C(C)(C)C12C1CC3CC(C1)CC2C3.CC1(C)C(C)(C)C12C1CC3CC2CC(Cl)(C3)C1.CC1(C)C(C)(C)C12C1CCCC2C2=C(CCCC2)C1.CC1(C)C(C)(C)C12CCCCC2.CCCC1C2=C(CCCC2)C2CCCC1C21C(C)(C)C1(C)C. The molecular weight excluding hydrogens is 1250 g/mol. The molecule has 9 atom stereocenters. The summed E-state index contributed by atoms with van der Waals surface area (Å²) >= 11 is 6.87. The Morgan fingerprint density at radius 3 is 1.18 bits per heavy atom. The Morgan fingerprint density at radius 2 is 0.745 bits per heavy atom. The van der Waals surface area contributed by atoms with Crippen LogP contribution < -0.4 is 0 Å². The number of rotatable bonds is 2. The molecule has 0 aliphatic heterocycles. The van der Waals surface area contributed by atoms with Crippen molar-refractivity contribution in [2.45, 2.75) is 409 Å². The van der Waals surface area contributed by atoms with Gasteiger partial charge in [-0.05, 0) is 379 Å². The van der Waals surface area contributed by atoms with Gasteiger partial charge < -0.3 is 0 Å². The summed E-state index contributed by atoms with van der Waals surface area (Å²) in [7, 11) is 0. The summed E-state index contributed by atoms with van der Waals surface area (Å²) in [4.78, 5) is 0.205. The second-order valence-electron chi connectivity index (χ2n) is 49.6. The number of alkyl halides is 1. The first-order chi connectivity index (χ1) is 47.4. The van der Waals surface area contributed by atoms with Crippen LogP contribution in [-0.4, -0.2) is 4.87 Å². The molecule has 0 radical (unpaired) electrons. The molecule has 102 heavy (non-hydrogen) atoms. The molecule has 0 N–H and O–H groups in total. The predicted molar refractivity (Wildman–Crippen MR) is 435 cm³/mol. The summed E-state index contributed by atoms with van der Waals surface area (Å²) in [5.74, 6) is 15.1. The van der Waals surface area contributed by atoms with Crippen LogP contribution in [0, 0.1) is 186 Å². The van der Waals surface area contributed by atoms with Crippen LogP contribution in [-0.2, 0) is 0 Å². The lowest BCUT2D eigenvalue weighted by molar-refractivity contribution is -0.0797. The molecule has 1 heteroatoms. The Labute approximate surface area is 636 Å². The largest absolute Gasteiger partial charge is 0.119 e. The fraction of sp³-hybridized carbons (Fsp3) is 0.941. The van der Waals surface area contributed by atoms with Crippen LogP contribution in [0.1, 0.15) is 404 Å². The van der Waals surface area contributed by atoms with Crippen molar-refractivity contribution in [1.29, 1.82) is 0 Å². The third-order valence-electron chi connectivity index (χ3n) is 46.7. The van der Waals surface area contributed by atoms with Gasteiger partial charge in [-0.25, -0.2) is 0 Å². The van der Waals surface area contributed by atoms with Gasteiger partial charge in [0.15, 0.2) is 0 Å². The van der Waals surface area contributed by atoms with E-state index in [1.165, 1.54) is 199 Å². The molecule has 0 amide bonds. The normalized spacial score (nSPS) is 45.6. The van der Waals surface area contributed by atoms with Crippen LogP contribution in [0.15, 0.2) is 33.9 Å². The van der Waals surface area contributed by atoms with Crippen molar-refractivity contribution in [3.05, 3.63) is 33.9 Å². The zero-order chi connectivity index (χ0) is 73.2. The van der Waals surface area contributed by atoms with Crippen molar-refractivity contribution in [3.8, 4) is 0 Å². The summed E-state index contributed by atoms with van der Waals surface area (Å²) in [6.07, 6.45) is 55.8. The topological polar surface area (TPSA) is 0 Å². The Bertz CT molecular complexity index is 3280. The molecule has 19 fully saturated rings. The molecule has 574 valence electrons. The maximum absolute atomic E-state index is 6.87. The van der Waals surface area contributed by atoms with Crippen LogP contribution in [0.2, 0.25) is 0 Å². The minimum Gasteiger partial charge on any atom is -0.119 e. The highest BCUT2D eigenvalue weighted by molar-refractivity contribution is 6.24. The van der Waals surface area contributed by atoms with Gasteiger partial charge in [-0.1, -0.05) is 246 Å². The second kappa shape index (κ2) is 22.5. The van der Waals surface area contributed by atoms with E-state index >= 15 is 0 Å². The minimum atomic E-state index is 0.205. The molecule has 19 saturated carbocycles. The molecular formula is C101H163Cl. The van der Waals surface area contributed by atoms with Gasteiger partial charge in [-0.3, -0.25) is 0 Å². The fourth-order valence-corrected chi connectivity index (χ4v) is 41.4. The number of fused-ring (bicyclic) bond motifs is 2. The maximum Gasteiger partial charge on any atom is 0.0455 e. The molecule has 25 aliphatic carbocycles. The van der Waals surface area contributed by atoms with E-state index in [4.69, 9.17) is 11.6 Å². The number of halogens is 1. The molecule has 25 rings (SSSR count).